The zero-order valence-electron chi connectivity index (χ0n) is 9.09. The van der Waals surface area contributed by atoms with Gasteiger partial charge in [-0.1, -0.05) is 6.08 Å². The minimum atomic E-state index is -0.471. The number of fused-ring (bicyclic) bond motifs is 2. The lowest BCUT2D eigenvalue weighted by Gasteiger charge is -2.23. The maximum absolute atomic E-state index is 11.9. The van der Waals surface area contributed by atoms with Crippen LogP contribution in [-0.2, 0) is 4.84 Å². The molecule has 0 aromatic rings. The van der Waals surface area contributed by atoms with Gasteiger partial charge in [0.2, 0.25) is 0 Å². The van der Waals surface area contributed by atoms with E-state index in [1.807, 2.05) is 13.0 Å². The van der Waals surface area contributed by atoms with Crippen LogP contribution in [0.15, 0.2) is 24.3 Å². The standard InChI is InChI=1S/C11H13N3O2/c1-3-4-16-14-10-7-13(11(14)15)9(6-12)5-8(10)2/h3,5,9-10H,1,4,7H2,2H3/t9-,10-/m0/s1. The molecule has 0 aromatic carbocycles. The molecule has 0 aliphatic carbocycles. The number of nitrogens with zero attached hydrogens (tertiary/aromatic N) is 3. The summed E-state index contributed by atoms with van der Waals surface area (Å²) in [6.07, 6.45) is 3.40. The second-order valence-electron chi connectivity index (χ2n) is 3.85. The number of carbonyl (C=O) groups excluding carboxylic acids is 1. The van der Waals surface area contributed by atoms with Gasteiger partial charge in [0.15, 0.2) is 0 Å². The minimum Gasteiger partial charge on any atom is -0.301 e. The van der Waals surface area contributed by atoms with Crippen molar-refractivity contribution in [2.75, 3.05) is 13.2 Å². The average Bonchev–Trinajstić information content (AvgIpc) is 2.57. The fraction of sp³-hybridized carbons (Fsp3) is 0.455. The third-order valence-electron chi connectivity index (χ3n) is 2.83. The van der Waals surface area contributed by atoms with Gasteiger partial charge in [-0.3, -0.25) is 4.84 Å². The summed E-state index contributed by atoms with van der Waals surface area (Å²) >= 11 is 0. The Bertz CT molecular complexity index is 397. The number of urea groups is 1. The van der Waals surface area contributed by atoms with E-state index in [4.69, 9.17) is 10.1 Å². The number of carbonyl (C=O) groups is 1. The third kappa shape index (κ3) is 1.48. The lowest BCUT2D eigenvalue weighted by Crippen LogP contribution is -2.37. The third-order valence-corrected chi connectivity index (χ3v) is 2.83. The predicted molar refractivity (Wildman–Crippen MR) is 57.0 cm³/mol. The number of nitriles is 1. The predicted octanol–water partition coefficient (Wildman–Crippen LogP) is 1.06. The molecule has 1 saturated heterocycles. The van der Waals surface area contributed by atoms with Crippen LogP contribution in [0, 0.1) is 11.3 Å². The van der Waals surface area contributed by atoms with Crippen LogP contribution in [0.3, 0.4) is 0 Å². The Morgan fingerprint density at radius 1 is 1.81 bits per heavy atom. The number of hydrogen-bond donors (Lipinski definition) is 0. The van der Waals surface area contributed by atoms with Crippen LogP contribution in [0.2, 0.25) is 0 Å². The Hall–Kier alpha value is -1.80. The summed E-state index contributed by atoms with van der Waals surface area (Å²) in [5, 5.41) is 10.3. The molecule has 2 aliphatic rings. The molecule has 16 heavy (non-hydrogen) atoms. The fourth-order valence-electron chi connectivity index (χ4n) is 2.00. The molecule has 2 bridgehead atoms. The summed E-state index contributed by atoms with van der Waals surface area (Å²) in [6, 6.07) is 1.31. The van der Waals surface area contributed by atoms with Gasteiger partial charge in [0, 0.05) is 0 Å². The summed E-state index contributed by atoms with van der Waals surface area (Å²) in [6.45, 7) is 6.27. The first-order valence-corrected chi connectivity index (χ1v) is 5.10. The second kappa shape index (κ2) is 3.99. The van der Waals surface area contributed by atoms with E-state index < -0.39 is 6.04 Å². The van der Waals surface area contributed by atoms with E-state index in [2.05, 4.69) is 12.6 Å². The van der Waals surface area contributed by atoms with E-state index >= 15 is 0 Å². The number of hydroxylamine groups is 2. The van der Waals surface area contributed by atoms with E-state index in [1.54, 1.807) is 6.08 Å². The number of rotatable bonds is 3. The quantitative estimate of drug-likeness (QED) is 0.667. The summed E-state index contributed by atoms with van der Waals surface area (Å²) in [7, 11) is 0. The minimum absolute atomic E-state index is 0.0722. The molecule has 0 N–H and O–H groups in total. The zero-order valence-corrected chi connectivity index (χ0v) is 9.09. The van der Waals surface area contributed by atoms with Crippen LogP contribution in [0.4, 0.5) is 4.79 Å². The molecule has 5 heteroatoms. The van der Waals surface area contributed by atoms with Gasteiger partial charge in [-0.25, -0.2) is 4.79 Å². The molecule has 2 aliphatic heterocycles. The number of amides is 2. The Kier molecular flexibility index (Phi) is 2.67. The molecule has 0 aromatic heterocycles. The van der Waals surface area contributed by atoms with Crippen LogP contribution >= 0.6 is 0 Å². The summed E-state index contributed by atoms with van der Waals surface area (Å²) in [5.74, 6) is 0. The molecule has 0 saturated carbocycles. The largest absolute Gasteiger partial charge is 0.346 e. The van der Waals surface area contributed by atoms with Crippen LogP contribution in [0.5, 0.6) is 0 Å². The van der Waals surface area contributed by atoms with Crippen LogP contribution < -0.4 is 0 Å². The van der Waals surface area contributed by atoms with E-state index in [1.165, 1.54) is 9.96 Å². The smallest absolute Gasteiger partial charge is 0.301 e. The fourth-order valence-corrected chi connectivity index (χ4v) is 2.00. The molecule has 0 spiro atoms. The van der Waals surface area contributed by atoms with Crippen LogP contribution in [-0.4, -0.2) is 41.2 Å². The molecule has 2 amide bonds. The lowest BCUT2D eigenvalue weighted by atomic mass is 10.0. The molecule has 1 fully saturated rings. The molecular weight excluding hydrogens is 206 g/mol. The summed E-state index contributed by atoms with van der Waals surface area (Å²) in [5.41, 5.74) is 0.998. The highest BCUT2D eigenvalue weighted by Gasteiger charge is 2.45. The summed E-state index contributed by atoms with van der Waals surface area (Å²) in [4.78, 5) is 18.7. The van der Waals surface area contributed by atoms with Crippen molar-refractivity contribution in [3.05, 3.63) is 24.3 Å². The first-order valence-electron chi connectivity index (χ1n) is 5.10. The number of hydrogen-bond acceptors (Lipinski definition) is 3. The molecule has 2 heterocycles. The maximum atomic E-state index is 11.9. The molecule has 0 unspecified atom stereocenters. The van der Waals surface area contributed by atoms with Crippen LogP contribution in [0.25, 0.3) is 0 Å². The van der Waals surface area contributed by atoms with Crippen LogP contribution in [0.1, 0.15) is 6.92 Å². The highest BCUT2D eigenvalue weighted by Crippen LogP contribution is 2.29. The van der Waals surface area contributed by atoms with Crippen molar-refractivity contribution >= 4 is 6.03 Å². The second-order valence-corrected chi connectivity index (χ2v) is 3.85. The van der Waals surface area contributed by atoms with Crippen molar-refractivity contribution in [2.24, 2.45) is 0 Å². The van der Waals surface area contributed by atoms with E-state index in [0.29, 0.717) is 13.2 Å². The SMILES string of the molecule is C=CCON1C(=O)N2C[C@H]1C(C)=C[C@H]2C#N. The first-order chi connectivity index (χ1) is 7.69. The monoisotopic (exact) mass is 219 g/mol. The summed E-state index contributed by atoms with van der Waals surface area (Å²) < 4.78 is 0. The van der Waals surface area contributed by atoms with Crippen molar-refractivity contribution in [1.82, 2.24) is 9.96 Å². The molecule has 84 valence electrons. The molecule has 0 radical (unpaired) electrons. The van der Waals surface area contributed by atoms with Gasteiger partial charge in [-0.05, 0) is 18.6 Å². The van der Waals surface area contributed by atoms with Gasteiger partial charge in [-0.2, -0.15) is 10.3 Å². The molecular formula is C11H13N3O2. The van der Waals surface area contributed by atoms with Gasteiger partial charge in [0.05, 0.1) is 25.3 Å². The van der Waals surface area contributed by atoms with Crippen molar-refractivity contribution < 1.29 is 9.63 Å². The zero-order chi connectivity index (χ0) is 11.7. The Balaban J connectivity index is 2.22. The average molecular weight is 219 g/mol. The van der Waals surface area contributed by atoms with Gasteiger partial charge in [0.25, 0.3) is 0 Å². The van der Waals surface area contributed by atoms with Crippen molar-refractivity contribution in [2.45, 2.75) is 19.0 Å². The molecule has 2 atom stereocenters. The Morgan fingerprint density at radius 2 is 2.56 bits per heavy atom. The molecule has 2 rings (SSSR count). The highest BCUT2D eigenvalue weighted by atomic mass is 16.7. The van der Waals surface area contributed by atoms with Gasteiger partial charge in [0.1, 0.15) is 6.04 Å². The van der Waals surface area contributed by atoms with Gasteiger partial charge >= 0.3 is 6.03 Å². The van der Waals surface area contributed by atoms with Gasteiger partial charge < -0.3 is 4.90 Å². The van der Waals surface area contributed by atoms with E-state index in [-0.39, 0.29) is 12.1 Å². The van der Waals surface area contributed by atoms with Crippen molar-refractivity contribution in [3.8, 4) is 6.07 Å². The topological polar surface area (TPSA) is 56.6 Å². The van der Waals surface area contributed by atoms with E-state index in [0.717, 1.165) is 5.57 Å². The first kappa shape index (κ1) is 10.7. The Morgan fingerprint density at radius 3 is 3.19 bits per heavy atom. The van der Waals surface area contributed by atoms with Gasteiger partial charge in [-0.15, -0.1) is 6.58 Å². The van der Waals surface area contributed by atoms with Crippen molar-refractivity contribution in [3.63, 3.8) is 0 Å². The normalized spacial score (nSPS) is 27.8. The Labute approximate surface area is 94.1 Å². The molecule has 5 nitrogen and oxygen atoms in total. The highest BCUT2D eigenvalue weighted by molar-refractivity contribution is 5.78. The maximum Gasteiger partial charge on any atom is 0.346 e. The van der Waals surface area contributed by atoms with E-state index in [9.17, 15) is 4.79 Å². The lowest BCUT2D eigenvalue weighted by molar-refractivity contribution is -0.109. The van der Waals surface area contributed by atoms with Crippen molar-refractivity contribution in [1.29, 1.82) is 5.26 Å².